The minimum atomic E-state index is 0.713. The Bertz CT molecular complexity index is 1550. The number of hydrogen-bond acceptors (Lipinski definition) is 2. The van der Waals surface area contributed by atoms with Crippen LogP contribution in [0.4, 0.5) is 0 Å². The largest absolute Gasteiger partial charge is 0.497 e. The van der Waals surface area contributed by atoms with E-state index >= 15 is 0 Å². The average Bonchev–Trinajstić information content (AvgIpc) is 2.90. The number of ether oxygens (including phenoxy) is 2. The van der Waals surface area contributed by atoms with Gasteiger partial charge in [0.15, 0.2) is 0 Å². The fourth-order valence-corrected chi connectivity index (χ4v) is 4.07. The Morgan fingerprint density at radius 3 is 1.29 bits per heavy atom. The Hall–Kier alpha value is -4.66. The van der Waals surface area contributed by atoms with Crippen LogP contribution in [-0.4, -0.2) is 14.2 Å². The van der Waals surface area contributed by atoms with Crippen molar-refractivity contribution >= 4 is 21.5 Å². The molecule has 0 aromatic heterocycles. The summed E-state index contributed by atoms with van der Waals surface area (Å²) in [6.45, 7) is 0. The van der Waals surface area contributed by atoms with Gasteiger partial charge in [0.05, 0.1) is 14.2 Å². The lowest BCUT2D eigenvalue weighted by atomic mass is 9.92. The molecule has 162 valence electrons. The van der Waals surface area contributed by atoms with Crippen molar-refractivity contribution in [3.05, 3.63) is 119 Å². The van der Waals surface area contributed by atoms with Crippen LogP contribution in [0.2, 0.25) is 0 Å². The van der Waals surface area contributed by atoms with E-state index in [0.717, 1.165) is 43.8 Å². The van der Waals surface area contributed by atoms with Gasteiger partial charge in [0, 0.05) is 28.3 Å². The smallest absolute Gasteiger partial charge is 0.123 e. The van der Waals surface area contributed by atoms with Gasteiger partial charge < -0.3 is 9.47 Å². The summed E-state index contributed by atoms with van der Waals surface area (Å²) in [5.41, 5.74) is 3.82. The highest BCUT2D eigenvalue weighted by Gasteiger charge is 2.11. The van der Waals surface area contributed by atoms with Crippen LogP contribution >= 0.6 is 0 Å². The van der Waals surface area contributed by atoms with Gasteiger partial charge in [-0.05, 0) is 45.8 Å². The molecule has 0 N–H and O–H groups in total. The van der Waals surface area contributed by atoms with Crippen LogP contribution in [0.3, 0.4) is 0 Å². The van der Waals surface area contributed by atoms with E-state index in [9.17, 15) is 0 Å². The SMILES string of the molecule is COc1cc(C#Cc2c3ccccc3c(C#Cc3ccccc3)c3ccccc23)cc(OC)c1. The fraction of sp³-hybridized carbons (Fsp3) is 0.0625. The van der Waals surface area contributed by atoms with Crippen molar-refractivity contribution in [1.29, 1.82) is 0 Å². The molecule has 0 heterocycles. The van der Waals surface area contributed by atoms with Gasteiger partial charge in [-0.2, -0.15) is 0 Å². The molecule has 5 aromatic rings. The van der Waals surface area contributed by atoms with Gasteiger partial charge in [-0.25, -0.2) is 0 Å². The van der Waals surface area contributed by atoms with E-state index < -0.39 is 0 Å². The van der Waals surface area contributed by atoms with E-state index in [2.05, 4.69) is 60.1 Å². The maximum Gasteiger partial charge on any atom is 0.123 e. The Balaban J connectivity index is 1.74. The second-order valence-electron chi connectivity index (χ2n) is 7.81. The van der Waals surface area contributed by atoms with Crippen LogP contribution in [0.15, 0.2) is 97.1 Å². The molecule has 0 spiro atoms. The molecule has 0 atom stereocenters. The maximum atomic E-state index is 5.41. The van der Waals surface area contributed by atoms with Crippen molar-refractivity contribution in [2.75, 3.05) is 14.2 Å². The molecule has 5 aromatic carbocycles. The molecule has 2 nitrogen and oxygen atoms in total. The first-order valence-electron chi connectivity index (χ1n) is 11.0. The summed E-state index contributed by atoms with van der Waals surface area (Å²) in [4.78, 5) is 0. The highest BCUT2D eigenvalue weighted by molar-refractivity contribution is 6.09. The average molecular weight is 439 g/mol. The van der Waals surface area contributed by atoms with Gasteiger partial charge >= 0.3 is 0 Å². The molecule has 0 aliphatic rings. The van der Waals surface area contributed by atoms with Gasteiger partial charge in [0.25, 0.3) is 0 Å². The lowest BCUT2D eigenvalue weighted by Crippen LogP contribution is -1.91. The van der Waals surface area contributed by atoms with Crippen molar-refractivity contribution < 1.29 is 9.47 Å². The van der Waals surface area contributed by atoms with Crippen LogP contribution in [0, 0.1) is 23.7 Å². The Morgan fingerprint density at radius 2 is 0.853 bits per heavy atom. The first-order chi connectivity index (χ1) is 16.8. The lowest BCUT2D eigenvalue weighted by Gasteiger charge is -2.10. The molecule has 0 amide bonds. The molecule has 0 bridgehead atoms. The predicted octanol–water partition coefficient (Wildman–Crippen LogP) is 6.81. The number of fused-ring (bicyclic) bond motifs is 2. The summed E-state index contributed by atoms with van der Waals surface area (Å²) in [5, 5.41) is 4.36. The van der Waals surface area contributed by atoms with Crippen LogP contribution in [0.25, 0.3) is 21.5 Å². The van der Waals surface area contributed by atoms with E-state index in [0.29, 0.717) is 11.5 Å². The first kappa shape index (κ1) is 21.2. The molecule has 0 unspecified atom stereocenters. The van der Waals surface area contributed by atoms with E-state index in [4.69, 9.17) is 9.47 Å². The topological polar surface area (TPSA) is 18.5 Å². The van der Waals surface area contributed by atoms with Gasteiger partial charge in [-0.3, -0.25) is 0 Å². The third-order valence-corrected chi connectivity index (χ3v) is 5.72. The second kappa shape index (κ2) is 9.45. The van der Waals surface area contributed by atoms with Gasteiger partial charge in [0.2, 0.25) is 0 Å². The van der Waals surface area contributed by atoms with Crippen molar-refractivity contribution in [1.82, 2.24) is 0 Å². The Kier molecular flexibility index (Phi) is 5.89. The molecule has 0 fully saturated rings. The zero-order chi connectivity index (χ0) is 23.3. The number of methoxy groups -OCH3 is 2. The van der Waals surface area contributed by atoms with Crippen molar-refractivity contribution in [2.45, 2.75) is 0 Å². The first-order valence-corrected chi connectivity index (χ1v) is 11.0. The van der Waals surface area contributed by atoms with Crippen LogP contribution in [0.1, 0.15) is 22.3 Å². The molecule has 2 heteroatoms. The maximum absolute atomic E-state index is 5.41. The lowest BCUT2D eigenvalue weighted by molar-refractivity contribution is 0.394. The summed E-state index contributed by atoms with van der Waals surface area (Å²) < 4.78 is 10.8. The minimum Gasteiger partial charge on any atom is -0.497 e. The van der Waals surface area contributed by atoms with E-state index in [1.807, 2.05) is 60.7 Å². The summed E-state index contributed by atoms with van der Waals surface area (Å²) in [6, 6.07) is 32.4. The Morgan fingerprint density at radius 1 is 0.441 bits per heavy atom. The van der Waals surface area contributed by atoms with E-state index in [-0.39, 0.29) is 0 Å². The summed E-state index contributed by atoms with van der Waals surface area (Å²) in [6.07, 6.45) is 0. The number of benzene rings is 5. The third kappa shape index (κ3) is 4.18. The quantitative estimate of drug-likeness (QED) is 0.223. The zero-order valence-corrected chi connectivity index (χ0v) is 19.1. The third-order valence-electron chi connectivity index (χ3n) is 5.72. The van der Waals surface area contributed by atoms with Crippen LogP contribution < -0.4 is 9.47 Å². The van der Waals surface area contributed by atoms with Crippen molar-refractivity contribution in [2.24, 2.45) is 0 Å². The molecule has 0 radical (unpaired) electrons. The molecular formula is C32H22O2. The molecule has 5 rings (SSSR count). The minimum absolute atomic E-state index is 0.713. The standard InChI is InChI=1S/C32H22O2/c1-33-25-20-24(21-26(22-25)34-2)17-19-32-29-14-8-6-12-27(29)31(28-13-7-9-15-30(28)32)18-16-23-10-4-3-5-11-23/h3-15,20-22H,1-2H3. The normalized spacial score (nSPS) is 10.2. The van der Waals surface area contributed by atoms with Crippen molar-refractivity contribution in [3.63, 3.8) is 0 Å². The highest BCUT2D eigenvalue weighted by atomic mass is 16.5. The van der Waals surface area contributed by atoms with Gasteiger partial charge in [-0.1, -0.05) is 90.4 Å². The zero-order valence-electron chi connectivity index (χ0n) is 19.1. The van der Waals surface area contributed by atoms with E-state index in [1.54, 1.807) is 14.2 Å². The fourth-order valence-electron chi connectivity index (χ4n) is 4.07. The summed E-state index contributed by atoms with van der Waals surface area (Å²) >= 11 is 0. The predicted molar refractivity (Wildman–Crippen MR) is 139 cm³/mol. The second-order valence-corrected chi connectivity index (χ2v) is 7.81. The van der Waals surface area contributed by atoms with Crippen LogP contribution in [0.5, 0.6) is 11.5 Å². The molecule has 0 saturated carbocycles. The molecule has 0 saturated heterocycles. The number of hydrogen-bond donors (Lipinski definition) is 0. The summed E-state index contributed by atoms with van der Waals surface area (Å²) in [5.74, 6) is 15.0. The Labute approximate surface area is 199 Å². The molecule has 0 aliphatic heterocycles. The van der Waals surface area contributed by atoms with Crippen molar-refractivity contribution in [3.8, 4) is 35.2 Å². The highest BCUT2D eigenvalue weighted by Crippen LogP contribution is 2.32. The monoisotopic (exact) mass is 438 g/mol. The van der Waals surface area contributed by atoms with Gasteiger partial charge in [-0.15, -0.1) is 0 Å². The molecular weight excluding hydrogens is 416 g/mol. The van der Waals surface area contributed by atoms with Crippen LogP contribution in [-0.2, 0) is 0 Å². The summed E-state index contributed by atoms with van der Waals surface area (Å²) in [7, 11) is 3.28. The molecule has 34 heavy (non-hydrogen) atoms. The molecule has 0 aliphatic carbocycles. The van der Waals surface area contributed by atoms with E-state index in [1.165, 1.54) is 0 Å². The number of rotatable bonds is 2. The van der Waals surface area contributed by atoms with Gasteiger partial charge in [0.1, 0.15) is 11.5 Å².